The molecule has 2 heterocycles. The molecule has 8 heteroatoms. The zero-order chi connectivity index (χ0) is 17.4. The molecule has 2 fully saturated rings. The molecule has 0 N–H and O–H groups in total. The number of rotatable bonds is 4. The Morgan fingerprint density at radius 3 is 2.64 bits per heavy atom. The van der Waals surface area contributed by atoms with E-state index in [0.717, 1.165) is 27.4 Å². The number of carbonyl (C=O) groups is 2. The minimum absolute atomic E-state index is 0.112. The molecule has 0 spiro atoms. The van der Waals surface area contributed by atoms with E-state index >= 15 is 0 Å². The lowest BCUT2D eigenvalue weighted by Gasteiger charge is -2.34. The summed E-state index contributed by atoms with van der Waals surface area (Å²) >= 11 is 9.03. The van der Waals surface area contributed by atoms with Crippen molar-refractivity contribution in [3.8, 4) is 0 Å². The standard InChI is InChI=1S/C17H18ClN3O2S2/c18-12-3-4-14-13(9-12)19-17(25-14)24-10-15(22)20-5-7-21(8-6-20)16(23)11-1-2-11/h3-4,9,11H,1-2,5-8,10H2. The second-order valence-electron chi connectivity index (χ2n) is 6.36. The third-order valence-corrected chi connectivity index (χ3v) is 6.92. The van der Waals surface area contributed by atoms with Gasteiger partial charge in [0.2, 0.25) is 11.8 Å². The quantitative estimate of drug-likeness (QED) is 0.746. The van der Waals surface area contributed by atoms with E-state index in [-0.39, 0.29) is 17.7 Å². The van der Waals surface area contributed by atoms with Gasteiger partial charge >= 0.3 is 0 Å². The molecule has 0 radical (unpaired) electrons. The highest BCUT2D eigenvalue weighted by Crippen LogP contribution is 2.32. The lowest BCUT2D eigenvalue weighted by Crippen LogP contribution is -2.51. The molecule has 1 aromatic heterocycles. The van der Waals surface area contributed by atoms with Crippen molar-refractivity contribution < 1.29 is 9.59 Å². The summed E-state index contributed by atoms with van der Waals surface area (Å²) in [4.78, 5) is 32.8. The summed E-state index contributed by atoms with van der Waals surface area (Å²) < 4.78 is 1.96. The minimum Gasteiger partial charge on any atom is -0.339 e. The Bertz CT molecular complexity index is 813. The van der Waals surface area contributed by atoms with E-state index < -0.39 is 0 Å². The van der Waals surface area contributed by atoms with Crippen LogP contribution in [0.25, 0.3) is 10.2 Å². The molecule has 132 valence electrons. The second-order valence-corrected chi connectivity index (χ2v) is 9.05. The van der Waals surface area contributed by atoms with E-state index in [2.05, 4.69) is 4.98 Å². The Morgan fingerprint density at radius 2 is 1.92 bits per heavy atom. The molecule has 1 aromatic carbocycles. The molecule has 25 heavy (non-hydrogen) atoms. The van der Waals surface area contributed by atoms with Gasteiger partial charge in [0.1, 0.15) is 0 Å². The number of nitrogens with zero attached hydrogens (tertiary/aromatic N) is 3. The van der Waals surface area contributed by atoms with Crippen molar-refractivity contribution in [2.24, 2.45) is 5.92 Å². The highest BCUT2D eigenvalue weighted by atomic mass is 35.5. The van der Waals surface area contributed by atoms with Gasteiger partial charge in [0.05, 0.1) is 16.0 Å². The zero-order valence-electron chi connectivity index (χ0n) is 13.6. The lowest BCUT2D eigenvalue weighted by atomic mass is 10.2. The van der Waals surface area contributed by atoms with E-state index in [1.54, 1.807) is 11.3 Å². The van der Waals surface area contributed by atoms with Crippen LogP contribution in [0.2, 0.25) is 5.02 Å². The number of aromatic nitrogens is 1. The molecule has 1 aliphatic carbocycles. The first-order valence-electron chi connectivity index (χ1n) is 8.35. The van der Waals surface area contributed by atoms with E-state index in [9.17, 15) is 9.59 Å². The molecule has 2 amide bonds. The van der Waals surface area contributed by atoms with Gasteiger partial charge < -0.3 is 9.80 Å². The summed E-state index contributed by atoms with van der Waals surface area (Å²) in [6.07, 6.45) is 2.06. The molecule has 1 aliphatic heterocycles. The van der Waals surface area contributed by atoms with Gasteiger partial charge in [-0.05, 0) is 31.0 Å². The fourth-order valence-corrected chi connectivity index (χ4v) is 5.04. The maximum Gasteiger partial charge on any atom is 0.233 e. The third-order valence-electron chi connectivity index (χ3n) is 4.52. The molecule has 2 aromatic rings. The van der Waals surface area contributed by atoms with Gasteiger partial charge in [0.15, 0.2) is 4.34 Å². The molecular formula is C17H18ClN3O2S2. The van der Waals surface area contributed by atoms with Gasteiger partial charge in [-0.3, -0.25) is 9.59 Å². The molecule has 4 rings (SSSR count). The van der Waals surface area contributed by atoms with E-state index in [1.807, 2.05) is 28.0 Å². The second kappa shape index (κ2) is 7.13. The van der Waals surface area contributed by atoms with Crippen molar-refractivity contribution in [1.82, 2.24) is 14.8 Å². The number of carbonyl (C=O) groups excluding carboxylic acids is 2. The number of halogens is 1. The number of amides is 2. The highest BCUT2D eigenvalue weighted by molar-refractivity contribution is 8.01. The van der Waals surface area contributed by atoms with Crippen LogP contribution < -0.4 is 0 Å². The zero-order valence-corrected chi connectivity index (χ0v) is 16.0. The number of thiazole rings is 1. The van der Waals surface area contributed by atoms with Crippen molar-refractivity contribution in [3.05, 3.63) is 23.2 Å². The van der Waals surface area contributed by atoms with Gasteiger partial charge in [-0.1, -0.05) is 23.4 Å². The molecule has 0 unspecified atom stereocenters. The minimum atomic E-state index is 0.112. The van der Waals surface area contributed by atoms with Crippen molar-refractivity contribution in [3.63, 3.8) is 0 Å². The number of hydrogen-bond donors (Lipinski definition) is 0. The van der Waals surface area contributed by atoms with Crippen molar-refractivity contribution in [2.75, 3.05) is 31.9 Å². The molecule has 2 aliphatic rings. The third kappa shape index (κ3) is 3.93. The first-order chi connectivity index (χ1) is 12.1. The Morgan fingerprint density at radius 1 is 1.20 bits per heavy atom. The Hall–Kier alpha value is -1.31. The van der Waals surface area contributed by atoms with Crippen LogP contribution in [0.1, 0.15) is 12.8 Å². The summed E-state index contributed by atoms with van der Waals surface area (Å²) in [5.41, 5.74) is 0.875. The first-order valence-corrected chi connectivity index (χ1v) is 10.5. The maximum absolute atomic E-state index is 12.4. The first kappa shape index (κ1) is 17.1. The monoisotopic (exact) mass is 395 g/mol. The van der Waals surface area contributed by atoms with E-state index in [0.29, 0.717) is 37.0 Å². The highest BCUT2D eigenvalue weighted by Gasteiger charge is 2.35. The molecule has 0 atom stereocenters. The Balaban J connectivity index is 1.29. The Labute approximate surface area is 159 Å². The van der Waals surface area contributed by atoms with Gasteiger partial charge in [-0.2, -0.15) is 0 Å². The van der Waals surface area contributed by atoms with Gasteiger partial charge in [-0.25, -0.2) is 4.98 Å². The SMILES string of the molecule is O=C(CSc1nc2cc(Cl)ccc2s1)N1CCN(C(=O)C2CC2)CC1. The smallest absolute Gasteiger partial charge is 0.233 e. The number of hydrogen-bond acceptors (Lipinski definition) is 5. The average Bonchev–Trinajstić information content (AvgIpc) is 3.39. The van der Waals surface area contributed by atoms with Crippen molar-refractivity contribution in [1.29, 1.82) is 0 Å². The van der Waals surface area contributed by atoms with Gasteiger partial charge in [-0.15, -0.1) is 11.3 Å². The number of piperazine rings is 1. The molecule has 5 nitrogen and oxygen atoms in total. The van der Waals surface area contributed by atoms with Crippen molar-refractivity contribution >= 4 is 56.7 Å². The summed E-state index contributed by atoms with van der Waals surface area (Å²) in [7, 11) is 0. The molecule has 0 bridgehead atoms. The van der Waals surface area contributed by atoms with Crippen LogP contribution in [-0.4, -0.2) is 58.5 Å². The fourth-order valence-electron chi connectivity index (χ4n) is 2.92. The summed E-state index contributed by atoms with van der Waals surface area (Å²) in [6, 6.07) is 5.65. The summed E-state index contributed by atoms with van der Waals surface area (Å²) in [5, 5.41) is 0.670. The van der Waals surface area contributed by atoms with Crippen LogP contribution in [0.3, 0.4) is 0 Å². The normalized spacial score (nSPS) is 18.0. The van der Waals surface area contributed by atoms with Crippen LogP contribution in [-0.2, 0) is 9.59 Å². The van der Waals surface area contributed by atoms with Gasteiger partial charge in [0, 0.05) is 37.1 Å². The molecular weight excluding hydrogens is 378 g/mol. The average molecular weight is 396 g/mol. The van der Waals surface area contributed by atoms with Crippen LogP contribution in [0, 0.1) is 5.92 Å². The Kier molecular flexibility index (Phi) is 4.88. The van der Waals surface area contributed by atoms with Gasteiger partial charge in [0.25, 0.3) is 0 Å². The predicted molar refractivity (Wildman–Crippen MR) is 101 cm³/mol. The fraction of sp³-hybridized carbons (Fsp3) is 0.471. The summed E-state index contributed by atoms with van der Waals surface area (Å²) in [5.74, 6) is 1.02. The number of benzene rings is 1. The van der Waals surface area contributed by atoms with E-state index in [4.69, 9.17) is 11.6 Å². The van der Waals surface area contributed by atoms with E-state index in [1.165, 1.54) is 11.8 Å². The van der Waals surface area contributed by atoms with Crippen LogP contribution >= 0.6 is 34.7 Å². The summed E-state index contributed by atoms with van der Waals surface area (Å²) in [6.45, 7) is 2.58. The van der Waals surface area contributed by atoms with Crippen molar-refractivity contribution in [2.45, 2.75) is 17.2 Å². The van der Waals surface area contributed by atoms with Crippen LogP contribution in [0.4, 0.5) is 0 Å². The molecule has 1 saturated heterocycles. The topological polar surface area (TPSA) is 53.5 Å². The molecule has 1 saturated carbocycles. The largest absolute Gasteiger partial charge is 0.339 e. The maximum atomic E-state index is 12.4. The number of thioether (sulfide) groups is 1. The predicted octanol–water partition coefficient (Wildman–Crippen LogP) is 3.12. The number of fused-ring (bicyclic) bond motifs is 1. The van der Waals surface area contributed by atoms with Crippen LogP contribution in [0.5, 0.6) is 0 Å². The van der Waals surface area contributed by atoms with Crippen LogP contribution in [0.15, 0.2) is 22.5 Å². The lowest BCUT2D eigenvalue weighted by molar-refractivity contribution is -0.139.